The minimum atomic E-state index is -0.966. The van der Waals surface area contributed by atoms with Crippen LogP contribution >= 0.6 is 0 Å². The highest BCUT2D eigenvalue weighted by atomic mass is 19.1. The zero-order valence-electron chi connectivity index (χ0n) is 18.0. The predicted molar refractivity (Wildman–Crippen MR) is 121 cm³/mol. The Hall–Kier alpha value is -3.98. The van der Waals surface area contributed by atoms with Gasteiger partial charge in [0.25, 0.3) is 5.56 Å². The second kappa shape index (κ2) is 9.66. The number of aromatic nitrogens is 4. The molecule has 4 rings (SSSR count). The van der Waals surface area contributed by atoms with E-state index in [0.29, 0.717) is 29.3 Å². The molecule has 33 heavy (non-hydrogen) atoms. The van der Waals surface area contributed by atoms with Crippen molar-refractivity contribution >= 4 is 11.0 Å². The lowest BCUT2D eigenvalue weighted by atomic mass is 10.1. The highest BCUT2D eigenvalue weighted by Crippen LogP contribution is 2.28. The Morgan fingerprint density at radius 1 is 1.21 bits per heavy atom. The summed E-state index contributed by atoms with van der Waals surface area (Å²) in [6.07, 6.45) is 4.29. The molecular weight excluding hydrogens is 427 g/mol. The van der Waals surface area contributed by atoms with Gasteiger partial charge in [-0.2, -0.15) is 5.10 Å². The average molecular weight is 450 g/mol. The molecule has 1 atom stereocenters. The van der Waals surface area contributed by atoms with Gasteiger partial charge < -0.3 is 14.6 Å². The normalized spacial score (nSPS) is 12.0. The van der Waals surface area contributed by atoms with Gasteiger partial charge in [-0.05, 0) is 48.4 Å². The van der Waals surface area contributed by atoms with Crippen LogP contribution in [-0.4, -0.2) is 44.3 Å². The van der Waals surface area contributed by atoms with E-state index in [-0.39, 0.29) is 29.9 Å². The molecule has 2 aromatic heterocycles. The van der Waals surface area contributed by atoms with E-state index in [0.717, 1.165) is 5.56 Å². The SMILES string of the molecule is C=CCc1ccc(OCC(O)Cn2cnc3c(cnn3-c3ccc(F)cc3)c2=O)c(OC)c1. The first kappa shape index (κ1) is 22.2. The molecule has 1 N–H and O–H groups in total. The van der Waals surface area contributed by atoms with E-state index in [4.69, 9.17) is 9.47 Å². The lowest BCUT2D eigenvalue weighted by Crippen LogP contribution is -2.30. The van der Waals surface area contributed by atoms with E-state index < -0.39 is 6.10 Å². The van der Waals surface area contributed by atoms with E-state index in [1.54, 1.807) is 31.4 Å². The molecule has 0 saturated heterocycles. The molecule has 0 aliphatic rings. The molecule has 0 bridgehead atoms. The summed E-state index contributed by atoms with van der Waals surface area (Å²) in [6.45, 7) is 3.66. The number of rotatable bonds is 9. The standard InChI is InChI=1S/C24H23FN4O4/c1-3-4-16-5-10-21(22(11-16)32-2)33-14-19(30)13-28-15-26-23-20(24(28)31)12-27-29(23)18-8-6-17(25)7-9-18/h3,5-12,15,19,30H,1,4,13-14H2,2H3. The van der Waals surface area contributed by atoms with Crippen molar-refractivity contribution in [3.05, 3.63) is 89.4 Å². The third-order valence-corrected chi connectivity index (χ3v) is 5.07. The second-order valence-corrected chi connectivity index (χ2v) is 7.41. The first-order valence-electron chi connectivity index (χ1n) is 10.3. The molecule has 1 unspecified atom stereocenters. The van der Waals surface area contributed by atoms with Crippen LogP contribution in [-0.2, 0) is 13.0 Å². The summed E-state index contributed by atoms with van der Waals surface area (Å²) < 4.78 is 27.0. The molecule has 0 fully saturated rings. The fourth-order valence-corrected chi connectivity index (χ4v) is 3.44. The van der Waals surface area contributed by atoms with Crippen molar-refractivity contribution in [2.24, 2.45) is 0 Å². The van der Waals surface area contributed by atoms with E-state index in [2.05, 4.69) is 16.7 Å². The lowest BCUT2D eigenvalue weighted by molar-refractivity contribution is 0.0900. The first-order valence-corrected chi connectivity index (χ1v) is 10.3. The van der Waals surface area contributed by atoms with Gasteiger partial charge in [-0.15, -0.1) is 6.58 Å². The van der Waals surface area contributed by atoms with Gasteiger partial charge >= 0.3 is 0 Å². The topological polar surface area (TPSA) is 91.4 Å². The van der Waals surface area contributed by atoms with Gasteiger partial charge in [0.15, 0.2) is 17.1 Å². The summed E-state index contributed by atoms with van der Waals surface area (Å²) in [4.78, 5) is 17.2. The third kappa shape index (κ3) is 4.78. The molecule has 0 amide bonds. The molecule has 170 valence electrons. The average Bonchev–Trinajstić information content (AvgIpc) is 3.25. The van der Waals surface area contributed by atoms with Gasteiger partial charge in [0.05, 0.1) is 25.5 Å². The minimum absolute atomic E-state index is 0.0135. The van der Waals surface area contributed by atoms with Gasteiger partial charge in [0.2, 0.25) is 0 Å². The van der Waals surface area contributed by atoms with Crippen LogP contribution in [0.2, 0.25) is 0 Å². The highest BCUT2D eigenvalue weighted by molar-refractivity contribution is 5.74. The monoisotopic (exact) mass is 450 g/mol. The Bertz CT molecular complexity index is 1330. The van der Waals surface area contributed by atoms with Crippen molar-refractivity contribution in [3.8, 4) is 17.2 Å². The molecule has 0 spiro atoms. The predicted octanol–water partition coefficient (Wildman–Crippen LogP) is 2.90. The first-order chi connectivity index (χ1) is 16.0. The number of hydrogen-bond acceptors (Lipinski definition) is 6. The van der Waals surface area contributed by atoms with Crippen LogP contribution in [0.15, 0.2) is 72.4 Å². The van der Waals surface area contributed by atoms with Crippen LogP contribution in [0.3, 0.4) is 0 Å². The molecule has 4 aromatic rings. The number of ether oxygens (including phenoxy) is 2. The van der Waals surface area contributed by atoms with Crippen LogP contribution in [0.25, 0.3) is 16.7 Å². The Labute approximate surface area is 189 Å². The van der Waals surface area contributed by atoms with Crippen molar-refractivity contribution in [2.75, 3.05) is 13.7 Å². The summed E-state index contributed by atoms with van der Waals surface area (Å²) in [5, 5.41) is 14.9. The number of hydrogen-bond donors (Lipinski definition) is 1. The summed E-state index contributed by atoms with van der Waals surface area (Å²) >= 11 is 0. The summed E-state index contributed by atoms with van der Waals surface area (Å²) in [5.41, 5.74) is 1.61. The Morgan fingerprint density at radius 3 is 2.73 bits per heavy atom. The van der Waals surface area contributed by atoms with Crippen molar-refractivity contribution in [1.82, 2.24) is 19.3 Å². The summed E-state index contributed by atoms with van der Waals surface area (Å²) in [7, 11) is 1.54. The van der Waals surface area contributed by atoms with Crippen molar-refractivity contribution in [2.45, 2.75) is 19.1 Å². The van der Waals surface area contributed by atoms with Gasteiger partial charge in [-0.3, -0.25) is 9.36 Å². The number of aliphatic hydroxyl groups excluding tert-OH is 1. The molecule has 2 aromatic carbocycles. The number of fused-ring (bicyclic) bond motifs is 1. The van der Waals surface area contributed by atoms with E-state index in [1.807, 2.05) is 12.1 Å². The van der Waals surface area contributed by atoms with Crippen LogP contribution in [0, 0.1) is 5.82 Å². The summed E-state index contributed by atoms with van der Waals surface area (Å²) in [5.74, 6) is 0.674. The molecule has 0 aliphatic carbocycles. The molecule has 8 nitrogen and oxygen atoms in total. The van der Waals surface area contributed by atoms with Crippen LogP contribution < -0.4 is 15.0 Å². The maximum absolute atomic E-state index is 13.2. The lowest BCUT2D eigenvalue weighted by Gasteiger charge is -2.16. The Morgan fingerprint density at radius 2 is 2.00 bits per heavy atom. The zero-order chi connectivity index (χ0) is 23.4. The van der Waals surface area contributed by atoms with Crippen molar-refractivity contribution in [3.63, 3.8) is 0 Å². The zero-order valence-corrected chi connectivity index (χ0v) is 18.0. The highest BCUT2D eigenvalue weighted by Gasteiger charge is 2.15. The minimum Gasteiger partial charge on any atom is -0.493 e. The maximum atomic E-state index is 13.2. The molecule has 9 heteroatoms. The van der Waals surface area contributed by atoms with E-state index in [1.165, 1.54) is 33.9 Å². The number of nitrogens with zero attached hydrogens (tertiary/aromatic N) is 4. The number of benzene rings is 2. The number of aliphatic hydroxyl groups is 1. The molecular formula is C24H23FN4O4. The molecule has 0 aliphatic heterocycles. The molecule has 2 heterocycles. The second-order valence-electron chi connectivity index (χ2n) is 7.41. The van der Waals surface area contributed by atoms with Gasteiger partial charge in [0, 0.05) is 0 Å². The Kier molecular flexibility index (Phi) is 6.50. The van der Waals surface area contributed by atoms with Crippen molar-refractivity contribution < 1.29 is 19.0 Å². The van der Waals surface area contributed by atoms with Gasteiger partial charge in [0.1, 0.15) is 30.2 Å². The maximum Gasteiger partial charge on any atom is 0.264 e. The third-order valence-electron chi connectivity index (χ3n) is 5.07. The van der Waals surface area contributed by atoms with E-state index in [9.17, 15) is 14.3 Å². The summed E-state index contributed by atoms with van der Waals surface area (Å²) in [6, 6.07) is 11.2. The fraction of sp³-hybridized carbons (Fsp3) is 0.208. The molecule has 0 saturated carbocycles. The van der Waals surface area contributed by atoms with Gasteiger partial charge in [-0.1, -0.05) is 12.1 Å². The van der Waals surface area contributed by atoms with E-state index >= 15 is 0 Å². The quantitative estimate of drug-likeness (QED) is 0.395. The Balaban J connectivity index is 1.48. The number of allylic oxidation sites excluding steroid dienone is 1. The van der Waals surface area contributed by atoms with Crippen LogP contribution in [0.5, 0.6) is 11.5 Å². The fourth-order valence-electron chi connectivity index (χ4n) is 3.44. The van der Waals surface area contributed by atoms with Gasteiger partial charge in [-0.25, -0.2) is 14.1 Å². The smallest absolute Gasteiger partial charge is 0.264 e. The van der Waals surface area contributed by atoms with Crippen LogP contribution in [0.1, 0.15) is 5.56 Å². The number of methoxy groups -OCH3 is 1. The van der Waals surface area contributed by atoms with Crippen molar-refractivity contribution in [1.29, 1.82) is 0 Å². The largest absolute Gasteiger partial charge is 0.493 e. The molecule has 0 radical (unpaired) electrons. The number of halogens is 1. The van der Waals surface area contributed by atoms with Crippen LogP contribution in [0.4, 0.5) is 4.39 Å².